The molecule has 100 valence electrons. The highest BCUT2D eigenvalue weighted by molar-refractivity contribution is 8.14. The maximum Gasteiger partial charge on any atom is 0.303 e. The van der Waals surface area contributed by atoms with Crippen molar-refractivity contribution in [2.75, 3.05) is 18.8 Å². The lowest BCUT2D eigenvalue weighted by Crippen LogP contribution is -2.37. The maximum absolute atomic E-state index is 11.3. The van der Waals surface area contributed by atoms with E-state index in [1.807, 2.05) is 0 Å². The summed E-state index contributed by atoms with van der Waals surface area (Å²) in [5.41, 5.74) is 0. The van der Waals surface area contributed by atoms with Crippen LogP contribution >= 0.6 is 11.8 Å². The quantitative estimate of drug-likeness (QED) is 0.680. The second kappa shape index (κ2) is 7.00. The van der Waals surface area contributed by atoms with Gasteiger partial charge in [-0.1, -0.05) is 11.8 Å². The third-order valence-electron chi connectivity index (χ3n) is 2.29. The molecule has 0 radical (unpaired) electrons. The third kappa shape index (κ3) is 4.74. The molecule has 18 heavy (non-hydrogen) atoms. The number of rotatable bonds is 7. The summed E-state index contributed by atoms with van der Waals surface area (Å²) in [6, 6.07) is 0. The maximum atomic E-state index is 11.3. The first-order valence-corrected chi connectivity index (χ1v) is 6.45. The van der Waals surface area contributed by atoms with Crippen LogP contribution < -0.4 is 5.32 Å². The van der Waals surface area contributed by atoms with Crippen LogP contribution in [-0.2, 0) is 14.4 Å². The van der Waals surface area contributed by atoms with Crippen LogP contribution in [0, 0.1) is 0 Å². The van der Waals surface area contributed by atoms with E-state index in [1.165, 1.54) is 0 Å². The number of hydrogen-bond donors (Lipinski definition) is 2. The van der Waals surface area contributed by atoms with Crippen LogP contribution in [0.25, 0.3) is 0 Å². The Balaban J connectivity index is 2.13. The molecule has 0 atom stereocenters. The van der Waals surface area contributed by atoms with Gasteiger partial charge in [0.25, 0.3) is 5.24 Å². The average Bonchev–Trinajstić information content (AvgIpc) is 2.60. The van der Waals surface area contributed by atoms with Crippen molar-refractivity contribution in [3.8, 4) is 0 Å². The van der Waals surface area contributed by atoms with Gasteiger partial charge < -0.3 is 10.4 Å². The summed E-state index contributed by atoms with van der Waals surface area (Å²) in [5.74, 6) is -1.30. The molecule has 0 saturated carbocycles. The SMILES string of the molecule is O=C(O)CCCC(=O)NCCN1C(=O)CSC1=O. The Labute approximate surface area is 108 Å². The van der Waals surface area contributed by atoms with E-state index in [0.29, 0.717) is 0 Å². The molecule has 0 aromatic carbocycles. The van der Waals surface area contributed by atoms with Crippen molar-refractivity contribution in [2.45, 2.75) is 19.3 Å². The molecule has 1 rings (SSSR count). The summed E-state index contributed by atoms with van der Waals surface area (Å²) in [5, 5.41) is 10.6. The summed E-state index contributed by atoms with van der Waals surface area (Å²) in [6.07, 6.45) is 0.356. The minimum atomic E-state index is -0.937. The van der Waals surface area contributed by atoms with Crippen LogP contribution in [0.4, 0.5) is 4.79 Å². The zero-order chi connectivity index (χ0) is 13.5. The summed E-state index contributed by atoms with van der Waals surface area (Å²) >= 11 is 0.949. The smallest absolute Gasteiger partial charge is 0.303 e. The summed E-state index contributed by atoms with van der Waals surface area (Å²) in [4.78, 5) is 45.0. The molecule has 1 heterocycles. The van der Waals surface area contributed by atoms with Crippen molar-refractivity contribution in [3.63, 3.8) is 0 Å². The first kappa shape index (κ1) is 14.5. The minimum Gasteiger partial charge on any atom is -0.481 e. The van der Waals surface area contributed by atoms with Crippen molar-refractivity contribution < 1.29 is 24.3 Å². The Hall–Kier alpha value is -1.57. The van der Waals surface area contributed by atoms with Gasteiger partial charge in [0, 0.05) is 25.9 Å². The van der Waals surface area contributed by atoms with Gasteiger partial charge in [-0.25, -0.2) is 0 Å². The van der Waals surface area contributed by atoms with Gasteiger partial charge in [-0.2, -0.15) is 0 Å². The van der Waals surface area contributed by atoms with Crippen molar-refractivity contribution in [2.24, 2.45) is 0 Å². The lowest BCUT2D eigenvalue weighted by atomic mass is 10.2. The molecule has 1 fully saturated rings. The van der Waals surface area contributed by atoms with Crippen LogP contribution in [0.2, 0.25) is 0 Å². The minimum absolute atomic E-state index is 0.0485. The van der Waals surface area contributed by atoms with E-state index < -0.39 is 5.97 Å². The molecule has 1 saturated heterocycles. The van der Waals surface area contributed by atoms with Gasteiger partial charge >= 0.3 is 5.97 Å². The fourth-order valence-electron chi connectivity index (χ4n) is 1.39. The van der Waals surface area contributed by atoms with Crippen LogP contribution in [0.15, 0.2) is 0 Å². The number of imide groups is 1. The van der Waals surface area contributed by atoms with Gasteiger partial charge in [-0.05, 0) is 6.42 Å². The number of hydrogen-bond acceptors (Lipinski definition) is 5. The van der Waals surface area contributed by atoms with Crippen molar-refractivity contribution in [1.82, 2.24) is 10.2 Å². The molecule has 3 amide bonds. The molecule has 0 spiro atoms. The van der Waals surface area contributed by atoms with E-state index in [4.69, 9.17) is 5.11 Å². The lowest BCUT2D eigenvalue weighted by molar-refractivity contribution is -0.137. The number of aliphatic carboxylic acids is 1. The number of amides is 3. The van der Waals surface area contributed by atoms with Gasteiger partial charge in [0.05, 0.1) is 5.75 Å². The Morgan fingerprint density at radius 1 is 1.33 bits per heavy atom. The number of nitrogens with zero attached hydrogens (tertiary/aromatic N) is 1. The second-order valence-electron chi connectivity index (χ2n) is 3.70. The average molecular weight is 274 g/mol. The Morgan fingerprint density at radius 2 is 2.06 bits per heavy atom. The normalized spacial score (nSPS) is 15.0. The molecule has 1 aliphatic rings. The topological polar surface area (TPSA) is 104 Å². The Bertz CT molecular complexity index is 355. The van der Waals surface area contributed by atoms with Crippen LogP contribution in [0.3, 0.4) is 0 Å². The number of thioether (sulfide) groups is 1. The van der Waals surface area contributed by atoms with Gasteiger partial charge in [-0.3, -0.25) is 24.1 Å². The largest absolute Gasteiger partial charge is 0.481 e. The van der Waals surface area contributed by atoms with Crippen LogP contribution in [-0.4, -0.2) is 51.9 Å². The molecule has 0 aliphatic carbocycles. The number of carboxylic acids is 1. The zero-order valence-electron chi connectivity index (χ0n) is 9.68. The monoisotopic (exact) mass is 274 g/mol. The third-order valence-corrected chi connectivity index (χ3v) is 3.15. The van der Waals surface area contributed by atoms with E-state index in [1.54, 1.807) is 0 Å². The highest BCUT2D eigenvalue weighted by Gasteiger charge is 2.29. The van der Waals surface area contributed by atoms with E-state index >= 15 is 0 Å². The van der Waals surface area contributed by atoms with E-state index in [-0.39, 0.29) is 55.2 Å². The van der Waals surface area contributed by atoms with Crippen molar-refractivity contribution >= 4 is 34.8 Å². The fraction of sp³-hybridized carbons (Fsp3) is 0.600. The molecule has 0 bridgehead atoms. The number of nitrogens with one attached hydrogen (secondary N) is 1. The van der Waals surface area contributed by atoms with Gasteiger partial charge in [0.1, 0.15) is 0 Å². The molecular weight excluding hydrogens is 260 g/mol. The predicted molar refractivity (Wildman–Crippen MR) is 64.1 cm³/mol. The predicted octanol–water partition coefficient (Wildman–Crippen LogP) is 0.0529. The van der Waals surface area contributed by atoms with Crippen molar-refractivity contribution in [3.05, 3.63) is 0 Å². The number of carbonyl (C=O) groups is 4. The molecule has 0 aromatic rings. The van der Waals surface area contributed by atoms with Gasteiger partial charge in [-0.15, -0.1) is 0 Å². The fourth-order valence-corrected chi connectivity index (χ4v) is 2.14. The Morgan fingerprint density at radius 3 is 2.61 bits per heavy atom. The lowest BCUT2D eigenvalue weighted by Gasteiger charge is -2.12. The highest BCUT2D eigenvalue weighted by Crippen LogP contribution is 2.17. The molecule has 2 N–H and O–H groups in total. The molecule has 7 nitrogen and oxygen atoms in total. The second-order valence-corrected chi connectivity index (χ2v) is 4.62. The van der Waals surface area contributed by atoms with Crippen molar-refractivity contribution in [1.29, 1.82) is 0 Å². The van der Waals surface area contributed by atoms with E-state index in [2.05, 4.69) is 5.32 Å². The standard InChI is InChI=1S/C10H14N2O5S/c13-7(2-1-3-9(15)16)11-4-5-12-8(14)6-18-10(12)17/h1-6H2,(H,11,13)(H,15,16). The van der Waals surface area contributed by atoms with Crippen LogP contribution in [0.1, 0.15) is 19.3 Å². The first-order valence-electron chi connectivity index (χ1n) is 5.46. The molecule has 0 aromatic heterocycles. The van der Waals surface area contributed by atoms with Gasteiger partial charge in [0.2, 0.25) is 11.8 Å². The molecular formula is C10H14N2O5S. The summed E-state index contributed by atoms with van der Waals surface area (Å²) in [6.45, 7) is 0.360. The molecule has 1 aliphatic heterocycles. The zero-order valence-corrected chi connectivity index (χ0v) is 10.5. The Kier molecular flexibility index (Phi) is 5.63. The highest BCUT2D eigenvalue weighted by atomic mass is 32.2. The summed E-state index contributed by atoms with van der Waals surface area (Å²) < 4.78 is 0. The molecule has 0 unspecified atom stereocenters. The number of carbonyl (C=O) groups excluding carboxylic acids is 3. The molecule has 8 heteroatoms. The number of carboxylic acid groups (broad SMARTS) is 1. The van der Waals surface area contributed by atoms with E-state index in [9.17, 15) is 19.2 Å². The van der Waals surface area contributed by atoms with Crippen LogP contribution in [0.5, 0.6) is 0 Å². The van der Waals surface area contributed by atoms with Gasteiger partial charge in [0.15, 0.2) is 0 Å². The first-order chi connectivity index (χ1) is 8.50. The van der Waals surface area contributed by atoms with E-state index in [0.717, 1.165) is 16.7 Å². The summed E-state index contributed by atoms with van der Waals surface area (Å²) in [7, 11) is 0.